The second kappa shape index (κ2) is 8.41. The van der Waals surface area contributed by atoms with Crippen LogP contribution in [0.15, 0.2) is 70.2 Å². The molecule has 160 valence electrons. The molecule has 0 spiro atoms. The molecular weight excluding hydrogens is 480 g/mol. The van der Waals surface area contributed by atoms with Crippen LogP contribution < -0.4 is 4.72 Å². The van der Waals surface area contributed by atoms with Gasteiger partial charge in [0, 0.05) is 27.3 Å². The summed E-state index contributed by atoms with van der Waals surface area (Å²) in [5, 5.41) is 5.20. The first-order valence-corrected chi connectivity index (χ1v) is 11.9. The summed E-state index contributed by atoms with van der Waals surface area (Å²) in [6, 6.07) is 14.7. The predicted molar refractivity (Wildman–Crippen MR) is 123 cm³/mol. The zero-order valence-corrected chi connectivity index (χ0v) is 19.4. The van der Waals surface area contributed by atoms with E-state index >= 15 is 0 Å². The van der Waals surface area contributed by atoms with Crippen LogP contribution in [-0.2, 0) is 16.4 Å². The van der Waals surface area contributed by atoms with Gasteiger partial charge in [-0.3, -0.25) is 4.79 Å². The van der Waals surface area contributed by atoms with Gasteiger partial charge in [-0.05, 0) is 62.2 Å². The number of nitrogens with one attached hydrogen (secondary N) is 2. The number of sulfonamides is 1. The van der Waals surface area contributed by atoms with E-state index in [0.717, 1.165) is 20.9 Å². The van der Waals surface area contributed by atoms with Crippen LogP contribution in [0.4, 0.5) is 0 Å². The minimum absolute atomic E-state index is 0.0841. The molecule has 0 aliphatic rings. The van der Waals surface area contributed by atoms with Crippen LogP contribution in [0.2, 0.25) is 0 Å². The fourth-order valence-electron chi connectivity index (χ4n) is 3.57. The largest absolute Gasteiger partial charge is 0.361 e. The molecule has 0 bridgehead atoms. The van der Waals surface area contributed by atoms with Gasteiger partial charge in [0.2, 0.25) is 10.0 Å². The average molecular weight is 501 g/mol. The highest BCUT2D eigenvalue weighted by Gasteiger charge is 2.29. The average Bonchev–Trinajstić information content (AvgIpc) is 3.29. The maximum Gasteiger partial charge on any atom is 0.265 e. The molecule has 2 aromatic heterocycles. The molecule has 31 heavy (non-hydrogen) atoms. The third kappa shape index (κ3) is 4.48. The van der Waals surface area contributed by atoms with E-state index in [1.54, 1.807) is 38.2 Å². The molecule has 2 aromatic carbocycles. The van der Waals surface area contributed by atoms with Gasteiger partial charge in [0.25, 0.3) is 5.91 Å². The van der Waals surface area contributed by atoms with Gasteiger partial charge in [-0.15, -0.1) is 0 Å². The van der Waals surface area contributed by atoms with Crippen molar-refractivity contribution in [3.8, 4) is 0 Å². The molecular formula is C22H21BrN4O3S. The lowest BCUT2D eigenvalue weighted by Crippen LogP contribution is -2.45. The molecule has 1 unspecified atom stereocenters. The first kappa shape index (κ1) is 21.5. The molecule has 7 nitrogen and oxygen atoms in total. The summed E-state index contributed by atoms with van der Waals surface area (Å²) in [5.74, 6) is -0.434. The zero-order chi connectivity index (χ0) is 22.2. The van der Waals surface area contributed by atoms with Crippen molar-refractivity contribution in [1.82, 2.24) is 19.5 Å². The summed E-state index contributed by atoms with van der Waals surface area (Å²) in [6.45, 7) is 3.56. The summed E-state index contributed by atoms with van der Waals surface area (Å²) < 4.78 is 30.7. The van der Waals surface area contributed by atoms with Gasteiger partial charge in [0.15, 0.2) is 0 Å². The summed E-state index contributed by atoms with van der Waals surface area (Å²) in [6.07, 6.45) is 1.98. The van der Waals surface area contributed by atoms with E-state index in [-0.39, 0.29) is 11.3 Å². The quantitative estimate of drug-likeness (QED) is 0.418. The van der Waals surface area contributed by atoms with Gasteiger partial charge in [-0.25, -0.2) is 13.1 Å². The van der Waals surface area contributed by atoms with Gasteiger partial charge in [-0.2, -0.15) is 9.82 Å². The van der Waals surface area contributed by atoms with Gasteiger partial charge in [-0.1, -0.05) is 34.1 Å². The number of para-hydroxylation sites is 1. The van der Waals surface area contributed by atoms with Crippen LogP contribution in [0.25, 0.3) is 10.9 Å². The van der Waals surface area contributed by atoms with Gasteiger partial charge in [0.05, 0.1) is 10.6 Å². The SMILES string of the molecule is Cc1cc(C)n(C(=O)C(Cc2c[nH]c3ccccc23)NS(=O)(=O)c2ccc(Br)cc2)n1. The number of aromatic nitrogens is 3. The van der Waals surface area contributed by atoms with Crippen LogP contribution in [-0.4, -0.2) is 35.1 Å². The van der Waals surface area contributed by atoms with E-state index in [0.29, 0.717) is 11.4 Å². The van der Waals surface area contributed by atoms with Crippen molar-refractivity contribution in [2.45, 2.75) is 31.2 Å². The second-order valence-corrected chi connectivity index (χ2v) is 10.00. The maximum absolute atomic E-state index is 13.4. The van der Waals surface area contributed by atoms with Crippen LogP contribution in [0.3, 0.4) is 0 Å². The Bertz CT molecular complexity index is 1360. The van der Waals surface area contributed by atoms with E-state index in [1.807, 2.05) is 24.3 Å². The number of rotatable bonds is 6. The van der Waals surface area contributed by atoms with Crippen molar-refractivity contribution in [2.24, 2.45) is 0 Å². The predicted octanol–water partition coefficient (Wildman–Crippen LogP) is 3.97. The summed E-state index contributed by atoms with van der Waals surface area (Å²) in [7, 11) is -3.93. The number of hydrogen-bond donors (Lipinski definition) is 2. The Morgan fingerprint density at radius 1 is 1.16 bits per heavy atom. The molecule has 0 amide bonds. The molecule has 1 atom stereocenters. The lowest BCUT2D eigenvalue weighted by atomic mass is 10.1. The van der Waals surface area contributed by atoms with Crippen LogP contribution in [0.1, 0.15) is 21.7 Å². The number of carbonyl (C=O) groups is 1. The number of carbonyl (C=O) groups excluding carboxylic acids is 1. The Hall–Kier alpha value is -2.75. The maximum atomic E-state index is 13.4. The topological polar surface area (TPSA) is 96.9 Å². The van der Waals surface area contributed by atoms with Gasteiger partial charge in [0.1, 0.15) is 6.04 Å². The Morgan fingerprint density at radius 3 is 2.55 bits per heavy atom. The molecule has 4 aromatic rings. The first-order valence-electron chi connectivity index (χ1n) is 9.65. The molecule has 2 N–H and O–H groups in total. The Morgan fingerprint density at radius 2 is 1.87 bits per heavy atom. The van der Waals surface area contributed by atoms with Crippen LogP contribution in [0.5, 0.6) is 0 Å². The van der Waals surface area contributed by atoms with Crippen LogP contribution >= 0.6 is 15.9 Å². The normalized spacial score (nSPS) is 12.9. The molecule has 0 radical (unpaired) electrons. The zero-order valence-electron chi connectivity index (χ0n) is 17.0. The van der Waals surface area contributed by atoms with Gasteiger partial charge >= 0.3 is 0 Å². The number of aryl methyl sites for hydroxylation is 2. The lowest BCUT2D eigenvalue weighted by Gasteiger charge is -2.18. The molecule has 0 aliphatic heterocycles. The van der Waals surface area contributed by atoms with Gasteiger partial charge < -0.3 is 4.98 Å². The molecule has 0 saturated carbocycles. The summed E-state index contributed by atoms with van der Waals surface area (Å²) in [4.78, 5) is 16.6. The third-order valence-electron chi connectivity index (χ3n) is 5.04. The minimum Gasteiger partial charge on any atom is -0.361 e. The molecule has 0 fully saturated rings. The Balaban J connectivity index is 1.72. The third-order valence-corrected chi connectivity index (χ3v) is 7.05. The molecule has 9 heteroatoms. The molecule has 2 heterocycles. The van der Waals surface area contributed by atoms with Crippen molar-refractivity contribution in [2.75, 3.05) is 0 Å². The Labute approximate surface area is 188 Å². The monoisotopic (exact) mass is 500 g/mol. The second-order valence-electron chi connectivity index (χ2n) is 7.37. The standard InChI is InChI=1S/C22H21BrN4O3S/c1-14-11-15(2)27(25-14)22(28)21(12-16-13-24-20-6-4-3-5-19(16)20)26-31(29,30)18-9-7-17(23)8-10-18/h3-11,13,21,24,26H,12H2,1-2H3. The summed E-state index contributed by atoms with van der Waals surface area (Å²) in [5.41, 5.74) is 3.10. The number of fused-ring (bicyclic) bond motifs is 1. The number of nitrogens with zero attached hydrogens (tertiary/aromatic N) is 2. The summed E-state index contributed by atoms with van der Waals surface area (Å²) >= 11 is 3.31. The molecule has 0 saturated heterocycles. The van der Waals surface area contributed by atoms with Crippen molar-refractivity contribution < 1.29 is 13.2 Å². The molecule has 4 rings (SSSR count). The van der Waals surface area contributed by atoms with Crippen LogP contribution in [0, 0.1) is 13.8 Å². The molecule has 0 aliphatic carbocycles. The van der Waals surface area contributed by atoms with E-state index in [1.165, 1.54) is 16.8 Å². The van der Waals surface area contributed by atoms with Crippen molar-refractivity contribution in [3.63, 3.8) is 0 Å². The fraction of sp³-hybridized carbons (Fsp3) is 0.182. The number of halogens is 1. The number of H-pyrrole nitrogens is 1. The highest BCUT2D eigenvalue weighted by Crippen LogP contribution is 2.21. The smallest absolute Gasteiger partial charge is 0.265 e. The highest BCUT2D eigenvalue weighted by atomic mass is 79.9. The lowest BCUT2D eigenvalue weighted by molar-refractivity contribution is 0.0851. The fourth-order valence-corrected chi connectivity index (χ4v) is 5.02. The van der Waals surface area contributed by atoms with E-state index in [9.17, 15) is 13.2 Å². The van der Waals surface area contributed by atoms with Crippen molar-refractivity contribution in [1.29, 1.82) is 0 Å². The Kier molecular flexibility index (Phi) is 5.83. The van der Waals surface area contributed by atoms with Crippen molar-refractivity contribution >= 4 is 42.8 Å². The minimum atomic E-state index is -3.93. The van der Waals surface area contributed by atoms with E-state index < -0.39 is 22.0 Å². The first-order chi connectivity index (χ1) is 14.7. The van der Waals surface area contributed by atoms with E-state index in [4.69, 9.17) is 0 Å². The number of aromatic amines is 1. The number of hydrogen-bond acceptors (Lipinski definition) is 4. The highest BCUT2D eigenvalue weighted by molar-refractivity contribution is 9.10. The van der Waals surface area contributed by atoms with Crippen molar-refractivity contribution in [3.05, 3.63) is 82.2 Å². The number of benzene rings is 2. The van der Waals surface area contributed by atoms with E-state index in [2.05, 4.69) is 30.7 Å².